The normalized spacial score (nSPS) is 11.9. The molecule has 7 nitrogen and oxygen atoms in total. The van der Waals surface area contributed by atoms with Gasteiger partial charge in [-0.3, -0.25) is 13.9 Å². The SMILES string of the molecule is CCNC(=O)C(Cc1ccccc1)N(Cc1cccc(Br)c1)C(=O)CN(c1cc(Cl)cc(Cl)c1)S(=O)(=O)c1ccc(C)cc1. The van der Waals surface area contributed by atoms with E-state index in [1.165, 1.54) is 35.2 Å². The van der Waals surface area contributed by atoms with Gasteiger partial charge in [-0.05, 0) is 67.4 Å². The van der Waals surface area contributed by atoms with E-state index in [9.17, 15) is 18.0 Å². The van der Waals surface area contributed by atoms with Crippen LogP contribution in [0.3, 0.4) is 0 Å². The molecule has 0 aliphatic heterocycles. The Bertz CT molecular complexity index is 1700. The van der Waals surface area contributed by atoms with Crippen LogP contribution in [-0.4, -0.2) is 44.3 Å². The van der Waals surface area contributed by atoms with Gasteiger partial charge in [-0.15, -0.1) is 0 Å². The zero-order valence-corrected chi connectivity index (χ0v) is 28.1. The number of nitrogens with zero attached hydrogens (tertiary/aromatic N) is 2. The van der Waals surface area contributed by atoms with Crippen LogP contribution in [0.15, 0.2) is 106 Å². The van der Waals surface area contributed by atoms with E-state index >= 15 is 0 Å². The lowest BCUT2D eigenvalue weighted by Crippen LogP contribution is -2.53. The van der Waals surface area contributed by atoms with Gasteiger partial charge < -0.3 is 10.2 Å². The van der Waals surface area contributed by atoms with E-state index in [0.717, 1.165) is 25.5 Å². The van der Waals surface area contributed by atoms with E-state index in [4.69, 9.17) is 23.2 Å². The van der Waals surface area contributed by atoms with Crippen molar-refractivity contribution in [3.05, 3.63) is 128 Å². The van der Waals surface area contributed by atoms with Crippen LogP contribution in [0.1, 0.15) is 23.6 Å². The third-order valence-corrected chi connectivity index (χ3v) is 9.60. The van der Waals surface area contributed by atoms with Crippen molar-refractivity contribution in [2.75, 3.05) is 17.4 Å². The lowest BCUT2D eigenvalue weighted by molar-refractivity contribution is -0.140. The number of likely N-dealkylation sites (N-methyl/N-ethyl adjacent to an activating group) is 1. The van der Waals surface area contributed by atoms with Crippen molar-refractivity contribution in [2.45, 2.75) is 37.8 Å². The van der Waals surface area contributed by atoms with Gasteiger partial charge in [0.2, 0.25) is 11.8 Å². The van der Waals surface area contributed by atoms with E-state index in [1.54, 1.807) is 19.1 Å². The summed E-state index contributed by atoms with van der Waals surface area (Å²) in [4.78, 5) is 29.4. The molecule has 2 amide bonds. The van der Waals surface area contributed by atoms with Crippen LogP contribution in [0.4, 0.5) is 5.69 Å². The van der Waals surface area contributed by atoms with Crippen LogP contribution in [0.25, 0.3) is 0 Å². The number of anilines is 1. The van der Waals surface area contributed by atoms with Gasteiger partial charge in [0, 0.05) is 34.0 Å². The zero-order chi connectivity index (χ0) is 31.9. The van der Waals surface area contributed by atoms with Crippen LogP contribution in [0.5, 0.6) is 0 Å². The highest BCUT2D eigenvalue weighted by molar-refractivity contribution is 9.10. The van der Waals surface area contributed by atoms with Gasteiger partial charge in [-0.25, -0.2) is 8.42 Å². The molecule has 1 N–H and O–H groups in total. The molecule has 0 aromatic heterocycles. The van der Waals surface area contributed by atoms with Gasteiger partial charge >= 0.3 is 0 Å². The fraction of sp³-hybridized carbons (Fsp3) is 0.212. The lowest BCUT2D eigenvalue weighted by atomic mass is 10.0. The van der Waals surface area contributed by atoms with Crippen LogP contribution >= 0.6 is 39.1 Å². The highest BCUT2D eigenvalue weighted by atomic mass is 79.9. The van der Waals surface area contributed by atoms with Crippen molar-refractivity contribution in [1.82, 2.24) is 10.2 Å². The summed E-state index contributed by atoms with van der Waals surface area (Å²) in [6.07, 6.45) is 0.222. The largest absolute Gasteiger partial charge is 0.355 e. The summed E-state index contributed by atoms with van der Waals surface area (Å²) in [5, 5.41) is 3.27. The summed E-state index contributed by atoms with van der Waals surface area (Å²) in [6, 6.07) is 26.5. The maximum atomic E-state index is 14.4. The van der Waals surface area contributed by atoms with Crippen molar-refractivity contribution < 1.29 is 18.0 Å². The topological polar surface area (TPSA) is 86.8 Å². The molecule has 0 heterocycles. The minimum Gasteiger partial charge on any atom is -0.355 e. The van der Waals surface area contributed by atoms with Crippen LogP contribution in [-0.2, 0) is 32.6 Å². The molecule has 0 spiro atoms. The number of carbonyl (C=O) groups excluding carboxylic acids is 2. The van der Waals surface area contributed by atoms with Gasteiger partial charge in [0.15, 0.2) is 0 Å². The first-order chi connectivity index (χ1) is 21.0. The van der Waals surface area contributed by atoms with Crippen LogP contribution in [0.2, 0.25) is 10.0 Å². The van der Waals surface area contributed by atoms with Crippen molar-refractivity contribution in [1.29, 1.82) is 0 Å². The first-order valence-corrected chi connectivity index (χ1v) is 16.9. The van der Waals surface area contributed by atoms with Crippen LogP contribution < -0.4 is 9.62 Å². The molecule has 4 aromatic carbocycles. The molecule has 1 atom stereocenters. The first-order valence-electron chi connectivity index (χ1n) is 13.9. The maximum absolute atomic E-state index is 14.4. The average molecular weight is 718 g/mol. The number of aryl methyl sites for hydroxylation is 1. The number of hydrogen-bond acceptors (Lipinski definition) is 4. The molecule has 11 heteroatoms. The van der Waals surface area contributed by atoms with Gasteiger partial charge in [-0.1, -0.05) is 99.3 Å². The molecule has 1 unspecified atom stereocenters. The minimum atomic E-state index is -4.27. The van der Waals surface area contributed by atoms with Crippen LogP contribution in [0, 0.1) is 6.92 Å². The third-order valence-electron chi connectivity index (χ3n) is 6.89. The predicted molar refractivity (Wildman–Crippen MR) is 179 cm³/mol. The molecule has 230 valence electrons. The number of carbonyl (C=O) groups is 2. The molecule has 4 aromatic rings. The number of nitrogens with one attached hydrogen (secondary N) is 1. The van der Waals surface area contributed by atoms with E-state index in [2.05, 4.69) is 21.2 Å². The second kappa shape index (κ2) is 15.1. The number of halogens is 3. The Hall–Kier alpha value is -3.37. The fourth-order valence-electron chi connectivity index (χ4n) is 4.73. The summed E-state index contributed by atoms with van der Waals surface area (Å²) < 4.78 is 30.0. The van der Waals surface area contributed by atoms with Gasteiger partial charge in [0.1, 0.15) is 12.6 Å². The number of sulfonamides is 1. The smallest absolute Gasteiger partial charge is 0.264 e. The predicted octanol–water partition coefficient (Wildman–Crippen LogP) is 7.04. The van der Waals surface area contributed by atoms with Crippen molar-refractivity contribution in [2.24, 2.45) is 0 Å². The Morgan fingerprint density at radius 1 is 0.864 bits per heavy atom. The number of hydrogen-bond donors (Lipinski definition) is 1. The molecule has 0 saturated carbocycles. The molecule has 4 rings (SSSR count). The summed E-state index contributed by atoms with van der Waals surface area (Å²) in [5.41, 5.74) is 2.61. The second-order valence-electron chi connectivity index (χ2n) is 10.2. The Morgan fingerprint density at radius 3 is 2.11 bits per heavy atom. The second-order valence-corrected chi connectivity index (χ2v) is 13.9. The minimum absolute atomic E-state index is 0.00454. The first kappa shape index (κ1) is 33.5. The standard InChI is InChI=1S/C33H32BrCl2N3O4S/c1-3-37-33(41)31(17-24-8-5-4-6-9-24)38(21-25-10-7-11-26(34)16-25)32(40)22-39(29-19-27(35)18-28(36)20-29)44(42,43)30-14-12-23(2)13-15-30/h4-16,18-20,31H,3,17,21-22H2,1-2H3,(H,37,41). The number of rotatable bonds is 12. The molecule has 0 radical (unpaired) electrons. The fourth-order valence-corrected chi connectivity index (χ4v) is 7.09. The number of benzene rings is 4. The highest BCUT2D eigenvalue weighted by Gasteiger charge is 2.34. The molecule has 0 aliphatic carbocycles. The Morgan fingerprint density at radius 2 is 1.50 bits per heavy atom. The lowest BCUT2D eigenvalue weighted by Gasteiger charge is -2.34. The summed E-state index contributed by atoms with van der Waals surface area (Å²) in [5.74, 6) is -0.928. The van der Waals surface area contributed by atoms with Crippen molar-refractivity contribution in [3.63, 3.8) is 0 Å². The van der Waals surface area contributed by atoms with Gasteiger partial charge in [-0.2, -0.15) is 0 Å². The Labute approximate surface area is 277 Å². The third kappa shape index (κ3) is 8.63. The van der Waals surface area contributed by atoms with Crippen molar-refractivity contribution >= 4 is 66.7 Å². The summed E-state index contributed by atoms with van der Waals surface area (Å²) in [6.45, 7) is 3.46. The molecular formula is C33H32BrCl2N3O4S. The molecule has 44 heavy (non-hydrogen) atoms. The highest BCUT2D eigenvalue weighted by Crippen LogP contribution is 2.30. The monoisotopic (exact) mass is 715 g/mol. The average Bonchev–Trinajstić information content (AvgIpc) is 2.98. The molecular weight excluding hydrogens is 685 g/mol. The summed E-state index contributed by atoms with van der Waals surface area (Å²) >= 11 is 16.1. The number of amides is 2. The molecule has 0 aliphatic rings. The molecule has 0 saturated heterocycles. The molecule has 0 fully saturated rings. The summed E-state index contributed by atoms with van der Waals surface area (Å²) in [7, 11) is -4.27. The Balaban J connectivity index is 1.82. The zero-order valence-electron chi connectivity index (χ0n) is 24.2. The molecule has 0 bridgehead atoms. The van der Waals surface area contributed by atoms with Gasteiger partial charge in [0.05, 0.1) is 10.6 Å². The Kier molecular flexibility index (Phi) is 11.5. The van der Waals surface area contributed by atoms with E-state index in [1.807, 2.05) is 61.5 Å². The van der Waals surface area contributed by atoms with E-state index in [-0.39, 0.29) is 39.5 Å². The quantitative estimate of drug-likeness (QED) is 0.171. The van der Waals surface area contributed by atoms with Gasteiger partial charge in [0.25, 0.3) is 10.0 Å². The van der Waals surface area contributed by atoms with E-state index in [0.29, 0.717) is 6.54 Å². The van der Waals surface area contributed by atoms with E-state index < -0.39 is 28.5 Å². The van der Waals surface area contributed by atoms with Crippen molar-refractivity contribution in [3.8, 4) is 0 Å². The maximum Gasteiger partial charge on any atom is 0.264 e.